The monoisotopic (exact) mass is 234 g/mol. The summed E-state index contributed by atoms with van der Waals surface area (Å²) in [4.78, 5) is 22.5. The van der Waals surface area contributed by atoms with E-state index in [-0.39, 0.29) is 18.8 Å². The van der Waals surface area contributed by atoms with Crippen LogP contribution in [0.15, 0.2) is 0 Å². The predicted octanol–water partition coefficient (Wildman–Crippen LogP) is 2.19. The minimum atomic E-state index is -3.55. The number of hydrogen-bond acceptors (Lipinski definition) is 3. The van der Waals surface area contributed by atoms with Gasteiger partial charge in [-0.15, -0.1) is 0 Å². The first-order chi connectivity index (χ1) is 7.41. The molecule has 0 aromatic carbocycles. The number of rotatable bonds is 3. The average Bonchev–Trinajstić information content (AvgIpc) is 2.22. The summed E-state index contributed by atoms with van der Waals surface area (Å²) in [6.45, 7) is 2.85. The number of ketones is 1. The quantitative estimate of drug-likeness (QED) is 0.703. The Balaban J connectivity index is 2.81. The molecule has 3 nitrogen and oxygen atoms in total. The third-order valence-corrected chi connectivity index (χ3v) is 3.06. The van der Waals surface area contributed by atoms with Crippen LogP contribution in [0.5, 0.6) is 0 Å². The Bertz CT molecular complexity index is 289. The zero-order valence-corrected chi connectivity index (χ0v) is 9.46. The van der Waals surface area contributed by atoms with Gasteiger partial charge in [-0.2, -0.15) is 8.78 Å². The van der Waals surface area contributed by atoms with E-state index in [0.717, 1.165) is 0 Å². The highest BCUT2D eigenvalue weighted by molar-refractivity contribution is 5.84. The van der Waals surface area contributed by atoms with E-state index in [1.165, 1.54) is 13.8 Å². The minimum absolute atomic E-state index is 0.0799. The standard InChI is InChI=1S/C11H16F2O3/c1-3-16-10(15)11(12,13)8-5-4-6-9(14)7(8)2/h7-8H,3-6H2,1-2H3/t7-,8-/m1/s1. The van der Waals surface area contributed by atoms with Gasteiger partial charge in [0.25, 0.3) is 0 Å². The molecule has 1 saturated carbocycles. The van der Waals surface area contributed by atoms with Crippen molar-refractivity contribution in [2.45, 2.75) is 39.0 Å². The van der Waals surface area contributed by atoms with Crippen LogP contribution in [0.25, 0.3) is 0 Å². The van der Waals surface area contributed by atoms with Crippen molar-refractivity contribution in [3.63, 3.8) is 0 Å². The fourth-order valence-electron chi connectivity index (χ4n) is 2.07. The van der Waals surface area contributed by atoms with Gasteiger partial charge >= 0.3 is 11.9 Å². The number of carbonyl (C=O) groups excluding carboxylic acids is 2. The highest BCUT2D eigenvalue weighted by atomic mass is 19.3. The Morgan fingerprint density at radius 3 is 2.75 bits per heavy atom. The van der Waals surface area contributed by atoms with E-state index in [9.17, 15) is 18.4 Å². The third-order valence-electron chi connectivity index (χ3n) is 3.06. The van der Waals surface area contributed by atoms with Gasteiger partial charge in [0.2, 0.25) is 0 Å². The maximum atomic E-state index is 13.7. The van der Waals surface area contributed by atoms with Gasteiger partial charge in [0.15, 0.2) is 0 Å². The molecule has 0 aromatic heterocycles. The first kappa shape index (κ1) is 13.1. The van der Waals surface area contributed by atoms with Gasteiger partial charge in [-0.3, -0.25) is 4.79 Å². The number of esters is 1. The van der Waals surface area contributed by atoms with Gasteiger partial charge in [-0.05, 0) is 19.8 Å². The fraction of sp³-hybridized carbons (Fsp3) is 0.818. The summed E-state index contributed by atoms with van der Waals surface area (Å²) in [6, 6.07) is 0. The third kappa shape index (κ3) is 2.39. The minimum Gasteiger partial charge on any atom is -0.462 e. The van der Waals surface area contributed by atoms with Crippen molar-refractivity contribution >= 4 is 11.8 Å². The second-order valence-electron chi connectivity index (χ2n) is 4.10. The lowest BCUT2D eigenvalue weighted by Gasteiger charge is -2.32. The van der Waals surface area contributed by atoms with Crippen LogP contribution in [0.4, 0.5) is 8.78 Å². The molecule has 1 fully saturated rings. The summed E-state index contributed by atoms with van der Waals surface area (Å²) in [6.07, 6.45) is 0.943. The average molecular weight is 234 g/mol. The summed E-state index contributed by atoms with van der Waals surface area (Å²) >= 11 is 0. The smallest absolute Gasteiger partial charge is 0.377 e. The number of carbonyl (C=O) groups is 2. The topological polar surface area (TPSA) is 43.4 Å². The van der Waals surface area contributed by atoms with Gasteiger partial charge < -0.3 is 4.74 Å². The van der Waals surface area contributed by atoms with E-state index in [2.05, 4.69) is 4.74 Å². The molecule has 0 bridgehead atoms. The molecule has 92 valence electrons. The molecule has 5 heteroatoms. The second kappa shape index (κ2) is 4.89. The van der Waals surface area contributed by atoms with Crippen molar-refractivity contribution in [2.75, 3.05) is 6.61 Å². The molecule has 0 unspecified atom stereocenters. The molecule has 1 rings (SSSR count). The predicted molar refractivity (Wildman–Crippen MR) is 53.1 cm³/mol. The zero-order chi connectivity index (χ0) is 12.3. The number of halogens is 2. The van der Waals surface area contributed by atoms with E-state index in [1.54, 1.807) is 0 Å². The van der Waals surface area contributed by atoms with Crippen molar-refractivity contribution in [1.29, 1.82) is 0 Å². The molecule has 0 radical (unpaired) electrons. The van der Waals surface area contributed by atoms with Gasteiger partial charge in [-0.1, -0.05) is 6.92 Å². The first-order valence-corrected chi connectivity index (χ1v) is 5.49. The van der Waals surface area contributed by atoms with Gasteiger partial charge in [-0.25, -0.2) is 4.79 Å². The van der Waals surface area contributed by atoms with Crippen LogP contribution < -0.4 is 0 Å². The van der Waals surface area contributed by atoms with Crippen LogP contribution in [0.3, 0.4) is 0 Å². The van der Waals surface area contributed by atoms with Crippen molar-refractivity contribution < 1.29 is 23.1 Å². The lowest BCUT2D eigenvalue weighted by Crippen LogP contribution is -2.45. The summed E-state index contributed by atoms with van der Waals surface area (Å²) in [5, 5.41) is 0. The van der Waals surface area contributed by atoms with Crippen LogP contribution >= 0.6 is 0 Å². The van der Waals surface area contributed by atoms with E-state index < -0.39 is 23.7 Å². The molecule has 0 aromatic rings. The lowest BCUT2D eigenvalue weighted by atomic mass is 9.76. The summed E-state index contributed by atoms with van der Waals surface area (Å²) in [5.74, 6) is -7.24. The zero-order valence-electron chi connectivity index (χ0n) is 9.46. The largest absolute Gasteiger partial charge is 0.462 e. The van der Waals surface area contributed by atoms with Crippen molar-refractivity contribution in [2.24, 2.45) is 11.8 Å². The molecule has 0 amide bonds. The number of Topliss-reactive ketones (excluding diaryl/α,β-unsaturated/α-hetero) is 1. The summed E-state index contributed by atoms with van der Waals surface area (Å²) < 4.78 is 31.7. The SMILES string of the molecule is CCOC(=O)C(F)(F)[C@@H]1CCCC(=O)[C@@H]1C. The van der Waals surface area contributed by atoms with E-state index in [4.69, 9.17) is 0 Å². The Hall–Kier alpha value is -1.00. The number of ether oxygens (including phenoxy) is 1. The van der Waals surface area contributed by atoms with Crippen LogP contribution in [0, 0.1) is 11.8 Å². The molecule has 1 aliphatic carbocycles. The maximum absolute atomic E-state index is 13.7. The van der Waals surface area contributed by atoms with Crippen molar-refractivity contribution in [3.8, 4) is 0 Å². The highest BCUT2D eigenvalue weighted by Crippen LogP contribution is 2.39. The Morgan fingerprint density at radius 2 is 2.19 bits per heavy atom. The normalized spacial score (nSPS) is 26.6. The number of hydrogen-bond donors (Lipinski definition) is 0. The molecule has 0 heterocycles. The van der Waals surface area contributed by atoms with Crippen LogP contribution in [-0.4, -0.2) is 24.3 Å². The van der Waals surface area contributed by atoms with E-state index >= 15 is 0 Å². The second-order valence-corrected chi connectivity index (χ2v) is 4.10. The van der Waals surface area contributed by atoms with E-state index in [1.807, 2.05) is 0 Å². The van der Waals surface area contributed by atoms with Crippen LogP contribution in [0.2, 0.25) is 0 Å². The molecule has 0 spiro atoms. The summed E-state index contributed by atoms with van der Waals surface area (Å²) in [7, 11) is 0. The van der Waals surface area contributed by atoms with Gasteiger partial charge in [0, 0.05) is 18.3 Å². The molecular formula is C11H16F2O3. The van der Waals surface area contributed by atoms with Crippen molar-refractivity contribution in [1.82, 2.24) is 0 Å². The Morgan fingerprint density at radius 1 is 1.56 bits per heavy atom. The first-order valence-electron chi connectivity index (χ1n) is 5.49. The fourth-order valence-corrected chi connectivity index (χ4v) is 2.07. The van der Waals surface area contributed by atoms with Crippen LogP contribution in [0.1, 0.15) is 33.1 Å². The Labute approximate surface area is 93.2 Å². The molecular weight excluding hydrogens is 218 g/mol. The van der Waals surface area contributed by atoms with Crippen LogP contribution in [-0.2, 0) is 14.3 Å². The molecule has 16 heavy (non-hydrogen) atoms. The molecule has 0 N–H and O–H groups in total. The van der Waals surface area contributed by atoms with E-state index in [0.29, 0.717) is 12.8 Å². The maximum Gasteiger partial charge on any atom is 0.377 e. The van der Waals surface area contributed by atoms with Gasteiger partial charge in [0.1, 0.15) is 5.78 Å². The molecule has 1 aliphatic rings. The lowest BCUT2D eigenvalue weighted by molar-refractivity contribution is -0.185. The Kier molecular flexibility index (Phi) is 3.99. The van der Waals surface area contributed by atoms with Crippen molar-refractivity contribution in [3.05, 3.63) is 0 Å². The molecule has 0 aliphatic heterocycles. The number of alkyl halides is 2. The van der Waals surface area contributed by atoms with Gasteiger partial charge in [0.05, 0.1) is 6.61 Å². The molecule has 2 atom stereocenters. The molecule has 0 saturated heterocycles. The highest BCUT2D eigenvalue weighted by Gasteiger charge is 2.52. The summed E-state index contributed by atoms with van der Waals surface area (Å²) in [5.41, 5.74) is 0.